The molecule has 7 heteroatoms. The number of sulfonamides is 1. The van der Waals surface area contributed by atoms with E-state index in [2.05, 4.69) is 36.6 Å². The molecule has 0 amide bonds. The Hall–Kier alpha value is -0.890. The van der Waals surface area contributed by atoms with Crippen LogP contribution < -0.4 is 10.5 Å². The van der Waals surface area contributed by atoms with Crippen LogP contribution in [0.2, 0.25) is 0 Å². The van der Waals surface area contributed by atoms with Crippen LogP contribution in [0.15, 0.2) is 56.3 Å². The molecule has 0 aliphatic carbocycles. The Morgan fingerprint density at radius 2 is 1.85 bits per heavy atom. The Morgan fingerprint density at radius 1 is 1.10 bits per heavy atom. The molecule has 0 spiro atoms. The van der Waals surface area contributed by atoms with E-state index in [9.17, 15) is 8.42 Å². The fourth-order valence-electron chi connectivity index (χ4n) is 1.62. The van der Waals surface area contributed by atoms with E-state index in [4.69, 9.17) is 5.73 Å². The van der Waals surface area contributed by atoms with Gasteiger partial charge in [-0.1, -0.05) is 28.1 Å². The van der Waals surface area contributed by atoms with E-state index in [0.717, 1.165) is 10.0 Å². The number of rotatable bonds is 4. The van der Waals surface area contributed by atoms with Gasteiger partial charge in [-0.25, -0.2) is 8.42 Å². The average Bonchev–Trinajstić information content (AvgIpc) is 2.42. The number of anilines is 1. The van der Waals surface area contributed by atoms with E-state index < -0.39 is 10.0 Å². The van der Waals surface area contributed by atoms with Crippen molar-refractivity contribution in [1.82, 2.24) is 0 Å². The summed E-state index contributed by atoms with van der Waals surface area (Å²) in [5, 5.41) is 0. The normalized spacial score (nSPS) is 11.3. The van der Waals surface area contributed by atoms with Gasteiger partial charge in [-0.3, -0.25) is 4.72 Å². The lowest BCUT2D eigenvalue weighted by molar-refractivity contribution is 0.601. The summed E-state index contributed by atoms with van der Waals surface area (Å²) in [6, 6.07) is 11.8. The molecular formula is C13H12Br2N2O2S. The Kier molecular flexibility index (Phi) is 4.85. The van der Waals surface area contributed by atoms with E-state index in [1.807, 2.05) is 0 Å². The molecule has 0 unspecified atom stereocenters. The maximum absolute atomic E-state index is 12.3. The lowest BCUT2D eigenvalue weighted by atomic mass is 10.2. The first kappa shape index (κ1) is 15.5. The molecule has 0 aromatic heterocycles. The molecule has 0 saturated heterocycles. The molecule has 0 atom stereocenters. The highest BCUT2D eigenvalue weighted by molar-refractivity contribution is 9.11. The molecule has 0 radical (unpaired) electrons. The monoisotopic (exact) mass is 418 g/mol. The van der Waals surface area contributed by atoms with Crippen molar-refractivity contribution in [3.63, 3.8) is 0 Å². The Bertz CT molecular complexity index is 733. The number of benzene rings is 2. The molecule has 4 nitrogen and oxygen atoms in total. The van der Waals surface area contributed by atoms with Crippen molar-refractivity contribution in [3.05, 3.63) is 57.0 Å². The second kappa shape index (κ2) is 6.26. The topological polar surface area (TPSA) is 72.2 Å². The van der Waals surface area contributed by atoms with E-state index >= 15 is 0 Å². The maximum atomic E-state index is 12.3. The fraction of sp³-hybridized carbons (Fsp3) is 0.0769. The smallest absolute Gasteiger partial charge is 0.261 e. The van der Waals surface area contributed by atoms with Crippen LogP contribution >= 0.6 is 31.9 Å². The highest BCUT2D eigenvalue weighted by atomic mass is 79.9. The minimum absolute atomic E-state index is 0.190. The lowest BCUT2D eigenvalue weighted by Gasteiger charge is -2.10. The third kappa shape index (κ3) is 3.60. The molecule has 0 heterocycles. The van der Waals surface area contributed by atoms with Crippen molar-refractivity contribution in [2.75, 3.05) is 4.72 Å². The fourth-order valence-corrected chi connectivity index (χ4v) is 4.04. The van der Waals surface area contributed by atoms with Gasteiger partial charge in [0.1, 0.15) is 0 Å². The van der Waals surface area contributed by atoms with Crippen LogP contribution in [0.3, 0.4) is 0 Å². The summed E-state index contributed by atoms with van der Waals surface area (Å²) < 4.78 is 28.7. The summed E-state index contributed by atoms with van der Waals surface area (Å²) in [6.45, 7) is 0.297. The van der Waals surface area contributed by atoms with Crippen molar-refractivity contribution < 1.29 is 8.42 Å². The number of nitrogens with two attached hydrogens (primary N) is 1. The van der Waals surface area contributed by atoms with Crippen LogP contribution in [0.5, 0.6) is 0 Å². The predicted octanol–water partition coefficient (Wildman–Crippen LogP) is 3.47. The van der Waals surface area contributed by atoms with E-state index in [1.54, 1.807) is 36.4 Å². The molecule has 106 valence electrons. The summed E-state index contributed by atoms with van der Waals surface area (Å²) in [4.78, 5) is 0.190. The zero-order chi connectivity index (χ0) is 14.8. The zero-order valence-electron chi connectivity index (χ0n) is 10.3. The zero-order valence-corrected chi connectivity index (χ0v) is 14.3. The molecule has 2 aromatic carbocycles. The Morgan fingerprint density at radius 3 is 2.50 bits per heavy atom. The van der Waals surface area contributed by atoms with Crippen molar-refractivity contribution in [1.29, 1.82) is 0 Å². The molecule has 20 heavy (non-hydrogen) atoms. The van der Waals surface area contributed by atoms with Gasteiger partial charge in [-0.05, 0) is 51.8 Å². The minimum atomic E-state index is -3.63. The summed E-state index contributed by atoms with van der Waals surface area (Å²) in [5.41, 5.74) is 6.77. The van der Waals surface area contributed by atoms with Gasteiger partial charge in [0.05, 0.1) is 10.6 Å². The standard InChI is InChI=1S/C13H12Br2N2O2S/c14-10-4-5-13(12(15)7-10)17-20(18,19)11-3-1-2-9(6-11)8-16/h1-7,17H,8,16H2. The van der Waals surface area contributed by atoms with Gasteiger partial charge in [0, 0.05) is 15.5 Å². The number of halogens is 2. The molecule has 2 aromatic rings. The van der Waals surface area contributed by atoms with Crippen LogP contribution in [0.25, 0.3) is 0 Å². The van der Waals surface area contributed by atoms with Gasteiger partial charge < -0.3 is 5.73 Å². The first-order valence-corrected chi connectivity index (χ1v) is 8.76. The highest BCUT2D eigenvalue weighted by Crippen LogP contribution is 2.28. The second-order valence-corrected chi connectivity index (χ2v) is 7.53. The third-order valence-electron chi connectivity index (χ3n) is 2.62. The van der Waals surface area contributed by atoms with Gasteiger partial charge in [0.15, 0.2) is 0 Å². The van der Waals surface area contributed by atoms with Crippen LogP contribution in [0.4, 0.5) is 5.69 Å². The average molecular weight is 420 g/mol. The molecular weight excluding hydrogens is 408 g/mol. The van der Waals surface area contributed by atoms with Crippen molar-refractivity contribution in [2.45, 2.75) is 11.4 Å². The second-order valence-electron chi connectivity index (χ2n) is 4.08. The van der Waals surface area contributed by atoms with Gasteiger partial charge in [-0.2, -0.15) is 0 Å². The van der Waals surface area contributed by atoms with E-state index in [1.165, 1.54) is 6.07 Å². The molecule has 0 bridgehead atoms. The van der Waals surface area contributed by atoms with Gasteiger partial charge >= 0.3 is 0 Å². The molecule has 0 saturated carbocycles. The van der Waals surface area contributed by atoms with Crippen LogP contribution in [-0.4, -0.2) is 8.42 Å². The Labute approximate surface area is 134 Å². The van der Waals surface area contributed by atoms with Crippen LogP contribution in [0.1, 0.15) is 5.56 Å². The molecule has 0 fully saturated rings. The predicted molar refractivity (Wildman–Crippen MR) is 87.0 cm³/mol. The highest BCUT2D eigenvalue weighted by Gasteiger charge is 2.15. The molecule has 2 rings (SSSR count). The number of nitrogens with one attached hydrogen (secondary N) is 1. The first-order valence-electron chi connectivity index (χ1n) is 5.69. The third-order valence-corrected chi connectivity index (χ3v) is 5.13. The summed E-state index contributed by atoms with van der Waals surface area (Å²) in [7, 11) is -3.63. The lowest BCUT2D eigenvalue weighted by Crippen LogP contribution is -2.14. The Balaban J connectivity index is 2.35. The van der Waals surface area contributed by atoms with E-state index in [0.29, 0.717) is 16.7 Å². The molecule has 0 aliphatic heterocycles. The maximum Gasteiger partial charge on any atom is 0.261 e. The SMILES string of the molecule is NCc1cccc(S(=O)(=O)Nc2ccc(Br)cc2Br)c1. The summed E-state index contributed by atoms with van der Waals surface area (Å²) in [6.07, 6.45) is 0. The van der Waals surface area contributed by atoms with Crippen LogP contribution in [-0.2, 0) is 16.6 Å². The van der Waals surface area contributed by atoms with E-state index in [-0.39, 0.29) is 4.90 Å². The molecule has 0 aliphatic rings. The minimum Gasteiger partial charge on any atom is -0.326 e. The van der Waals surface area contributed by atoms with Crippen LogP contribution in [0, 0.1) is 0 Å². The van der Waals surface area contributed by atoms with Gasteiger partial charge in [0.25, 0.3) is 10.0 Å². The van der Waals surface area contributed by atoms with Crippen molar-refractivity contribution in [3.8, 4) is 0 Å². The number of hydrogen-bond donors (Lipinski definition) is 2. The quantitative estimate of drug-likeness (QED) is 0.796. The first-order chi connectivity index (χ1) is 9.42. The summed E-state index contributed by atoms with van der Waals surface area (Å²) in [5.74, 6) is 0. The number of hydrogen-bond acceptors (Lipinski definition) is 3. The van der Waals surface area contributed by atoms with Gasteiger partial charge in [0.2, 0.25) is 0 Å². The van der Waals surface area contributed by atoms with Gasteiger partial charge in [-0.15, -0.1) is 0 Å². The summed E-state index contributed by atoms with van der Waals surface area (Å²) >= 11 is 6.64. The molecule has 3 N–H and O–H groups in total. The largest absolute Gasteiger partial charge is 0.326 e. The van der Waals surface area contributed by atoms with Crippen molar-refractivity contribution >= 4 is 47.6 Å². The van der Waals surface area contributed by atoms with Crippen molar-refractivity contribution in [2.24, 2.45) is 5.73 Å².